The topological polar surface area (TPSA) is 70.9 Å². The van der Waals surface area contributed by atoms with Gasteiger partial charge >= 0.3 is 0 Å². The molecule has 0 aromatic heterocycles. The van der Waals surface area contributed by atoms with Gasteiger partial charge in [-0.1, -0.05) is 70.5 Å². The Bertz CT molecular complexity index is 944. The summed E-state index contributed by atoms with van der Waals surface area (Å²) in [5.41, 5.74) is 4.69. The van der Waals surface area contributed by atoms with E-state index in [2.05, 4.69) is 26.5 Å². The number of halogens is 1. The third-order valence-corrected chi connectivity index (χ3v) is 4.46. The molecule has 0 aliphatic carbocycles. The second kappa shape index (κ2) is 9.82. The lowest BCUT2D eigenvalue weighted by Gasteiger charge is -2.09. The van der Waals surface area contributed by atoms with Crippen LogP contribution in [0, 0.1) is 0 Å². The molecule has 0 saturated carbocycles. The Morgan fingerprint density at radius 2 is 1.82 bits per heavy atom. The van der Waals surface area contributed by atoms with Crippen LogP contribution in [0.1, 0.15) is 22.8 Å². The molecule has 1 amide bonds. The van der Waals surface area contributed by atoms with Gasteiger partial charge in [-0.3, -0.25) is 4.79 Å². The maximum atomic E-state index is 12.0. The molecule has 3 rings (SSSR count). The van der Waals surface area contributed by atoms with E-state index < -0.39 is 12.0 Å². The number of rotatable bonds is 7. The molecule has 0 heterocycles. The number of nitrogens with one attached hydrogen (secondary N) is 1. The fraction of sp³-hybridized carbons (Fsp3) is 0.0909. The van der Waals surface area contributed by atoms with Gasteiger partial charge in [0, 0.05) is 4.47 Å². The molecule has 28 heavy (non-hydrogen) atoms. The number of ether oxygens (including phenoxy) is 1. The average Bonchev–Trinajstić information content (AvgIpc) is 2.73. The number of hydrogen-bond acceptors (Lipinski definition) is 4. The molecular formula is C22H19BrN2O3. The molecule has 0 spiro atoms. The molecule has 3 aromatic rings. The normalized spacial score (nSPS) is 11.9. The Balaban J connectivity index is 1.55. The smallest absolute Gasteiger partial charge is 0.273 e. The minimum Gasteiger partial charge on any atom is -0.489 e. The van der Waals surface area contributed by atoms with Gasteiger partial charge in [0.15, 0.2) is 6.10 Å². The molecule has 2 N–H and O–H groups in total. The van der Waals surface area contributed by atoms with Crippen LogP contribution in [-0.4, -0.2) is 17.2 Å². The van der Waals surface area contributed by atoms with Gasteiger partial charge in [-0.15, -0.1) is 0 Å². The molecule has 0 unspecified atom stereocenters. The molecule has 1 atom stereocenters. The zero-order valence-electron chi connectivity index (χ0n) is 15.0. The number of benzene rings is 3. The van der Waals surface area contributed by atoms with Gasteiger partial charge < -0.3 is 9.84 Å². The van der Waals surface area contributed by atoms with Gasteiger partial charge in [-0.2, -0.15) is 5.10 Å². The summed E-state index contributed by atoms with van der Waals surface area (Å²) < 4.78 is 6.81. The van der Waals surface area contributed by atoms with Crippen molar-refractivity contribution in [2.45, 2.75) is 12.7 Å². The lowest BCUT2D eigenvalue weighted by molar-refractivity contribution is -0.129. The fourth-order valence-electron chi connectivity index (χ4n) is 2.45. The van der Waals surface area contributed by atoms with Crippen LogP contribution in [0.3, 0.4) is 0 Å². The van der Waals surface area contributed by atoms with Crippen LogP contribution in [0.25, 0.3) is 0 Å². The third kappa shape index (κ3) is 5.77. The molecule has 142 valence electrons. The summed E-state index contributed by atoms with van der Waals surface area (Å²) in [5.74, 6) is 0.104. The molecule has 0 saturated heterocycles. The molecule has 6 heteroatoms. The lowest BCUT2D eigenvalue weighted by atomic mass is 10.1. The highest BCUT2D eigenvalue weighted by molar-refractivity contribution is 9.10. The number of aliphatic hydroxyl groups excluding tert-OH is 1. The second-order valence-electron chi connectivity index (χ2n) is 6.04. The molecule has 5 nitrogen and oxygen atoms in total. The number of hydrogen-bond donors (Lipinski definition) is 2. The van der Waals surface area contributed by atoms with Gasteiger partial charge in [-0.25, -0.2) is 5.43 Å². The van der Waals surface area contributed by atoms with Crippen molar-refractivity contribution < 1.29 is 14.6 Å². The summed E-state index contributed by atoms with van der Waals surface area (Å²) in [6.45, 7) is 0.452. The highest BCUT2D eigenvalue weighted by atomic mass is 79.9. The Labute approximate surface area is 171 Å². The van der Waals surface area contributed by atoms with Crippen LogP contribution in [-0.2, 0) is 11.4 Å². The molecule has 0 bridgehead atoms. The Kier molecular flexibility index (Phi) is 6.94. The molecule has 3 aromatic carbocycles. The predicted octanol–water partition coefficient (Wildman–Crippen LogP) is 4.21. The minimum atomic E-state index is -1.26. The summed E-state index contributed by atoms with van der Waals surface area (Å²) >= 11 is 3.41. The highest BCUT2D eigenvalue weighted by Gasteiger charge is 2.15. The first-order valence-corrected chi connectivity index (χ1v) is 9.44. The number of amides is 1. The van der Waals surface area contributed by atoms with E-state index in [1.807, 2.05) is 54.6 Å². The van der Waals surface area contributed by atoms with E-state index in [-0.39, 0.29) is 0 Å². The van der Waals surface area contributed by atoms with Crippen molar-refractivity contribution in [2.75, 3.05) is 0 Å². The Hall–Kier alpha value is -2.96. The number of nitrogens with zero attached hydrogens (tertiary/aromatic N) is 1. The van der Waals surface area contributed by atoms with E-state index in [0.717, 1.165) is 15.6 Å². The van der Waals surface area contributed by atoms with Crippen LogP contribution < -0.4 is 10.2 Å². The van der Waals surface area contributed by atoms with Gasteiger partial charge in [0.2, 0.25) is 0 Å². The molecule has 0 fully saturated rings. The summed E-state index contributed by atoms with van der Waals surface area (Å²) in [5, 5.41) is 13.9. The number of hydrazone groups is 1. The van der Waals surface area contributed by atoms with Crippen molar-refractivity contribution in [3.05, 3.63) is 100 Å². The van der Waals surface area contributed by atoms with Crippen molar-refractivity contribution in [1.29, 1.82) is 0 Å². The summed E-state index contributed by atoms with van der Waals surface area (Å²) in [6, 6.07) is 24.0. The largest absolute Gasteiger partial charge is 0.489 e. The van der Waals surface area contributed by atoms with Crippen molar-refractivity contribution in [3.63, 3.8) is 0 Å². The lowest BCUT2D eigenvalue weighted by Crippen LogP contribution is -2.25. The number of carbonyl (C=O) groups excluding carboxylic acids is 1. The van der Waals surface area contributed by atoms with Crippen LogP contribution >= 0.6 is 15.9 Å². The van der Waals surface area contributed by atoms with Crippen LogP contribution in [0.15, 0.2) is 88.4 Å². The first-order chi connectivity index (χ1) is 13.6. The van der Waals surface area contributed by atoms with E-state index in [9.17, 15) is 9.90 Å². The van der Waals surface area contributed by atoms with E-state index in [0.29, 0.717) is 17.9 Å². The predicted molar refractivity (Wildman–Crippen MR) is 112 cm³/mol. The average molecular weight is 439 g/mol. The number of carbonyl (C=O) groups is 1. The van der Waals surface area contributed by atoms with Crippen LogP contribution in [0.5, 0.6) is 5.75 Å². The number of aliphatic hydroxyl groups is 1. The summed E-state index contributed by atoms with van der Waals surface area (Å²) in [6.07, 6.45) is 0.237. The SMILES string of the molecule is O=C(N/N=C\c1cccc(OCc2ccc(Br)cc2)c1)[C@@H](O)c1ccccc1. The molecule has 0 aliphatic rings. The Morgan fingerprint density at radius 1 is 1.07 bits per heavy atom. The maximum absolute atomic E-state index is 12.0. The van der Waals surface area contributed by atoms with Crippen LogP contribution in [0.2, 0.25) is 0 Å². The van der Waals surface area contributed by atoms with Crippen molar-refractivity contribution >= 4 is 28.1 Å². The van der Waals surface area contributed by atoms with Crippen molar-refractivity contribution in [2.24, 2.45) is 5.10 Å². The van der Waals surface area contributed by atoms with Gasteiger partial charge in [0.05, 0.1) is 6.21 Å². The first kappa shape index (κ1) is 19.8. The monoisotopic (exact) mass is 438 g/mol. The second-order valence-corrected chi connectivity index (χ2v) is 6.95. The standard InChI is InChI=1S/C22H19BrN2O3/c23-19-11-9-16(10-12-19)15-28-20-8-4-5-17(13-20)14-24-25-22(27)21(26)18-6-2-1-3-7-18/h1-14,21,26H,15H2,(H,25,27)/b24-14-/t21-/m0/s1. The third-order valence-electron chi connectivity index (χ3n) is 3.93. The van der Waals surface area contributed by atoms with Gasteiger partial charge in [-0.05, 0) is 41.0 Å². The van der Waals surface area contributed by atoms with Crippen molar-refractivity contribution in [1.82, 2.24) is 5.43 Å². The molecule has 0 radical (unpaired) electrons. The summed E-state index contributed by atoms with van der Waals surface area (Å²) in [7, 11) is 0. The molecule has 0 aliphatic heterocycles. The first-order valence-electron chi connectivity index (χ1n) is 8.65. The molecular weight excluding hydrogens is 420 g/mol. The van der Waals surface area contributed by atoms with E-state index >= 15 is 0 Å². The van der Waals surface area contributed by atoms with E-state index in [1.54, 1.807) is 24.3 Å². The zero-order valence-corrected chi connectivity index (χ0v) is 16.5. The summed E-state index contributed by atoms with van der Waals surface area (Å²) in [4.78, 5) is 12.0. The van der Waals surface area contributed by atoms with Gasteiger partial charge in [0.1, 0.15) is 12.4 Å². The van der Waals surface area contributed by atoms with Crippen molar-refractivity contribution in [3.8, 4) is 5.75 Å². The van der Waals surface area contributed by atoms with Gasteiger partial charge in [0.25, 0.3) is 5.91 Å². The van der Waals surface area contributed by atoms with Crippen LogP contribution in [0.4, 0.5) is 0 Å². The Morgan fingerprint density at radius 3 is 2.57 bits per heavy atom. The highest BCUT2D eigenvalue weighted by Crippen LogP contribution is 2.16. The van der Waals surface area contributed by atoms with E-state index in [4.69, 9.17) is 4.74 Å². The maximum Gasteiger partial charge on any atom is 0.273 e. The fourth-order valence-corrected chi connectivity index (χ4v) is 2.71. The zero-order chi connectivity index (χ0) is 19.8. The van der Waals surface area contributed by atoms with E-state index in [1.165, 1.54) is 6.21 Å². The minimum absolute atomic E-state index is 0.452. The quantitative estimate of drug-likeness (QED) is 0.428.